The fraction of sp³-hybridized carbons (Fsp3) is 0.154. The summed E-state index contributed by atoms with van der Waals surface area (Å²) in [4.78, 5) is 25.0. The lowest BCUT2D eigenvalue weighted by Crippen LogP contribution is -2.26. The number of ether oxygens (including phenoxy) is 1. The minimum Gasteiger partial charge on any atom is -0.496 e. The van der Waals surface area contributed by atoms with Crippen LogP contribution in [0.2, 0.25) is 0 Å². The molecular weight excluding hydrogens is 484 g/mol. The Hall–Kier alpha value is -3.69. The summed E-state index contributed by atoms with van der Waals surface area (Å²) < 4.78 is 33.7. The van der Waals surface area contributed by atoms with E-state index in [9.17, 15) is 18.0 Å². The second-order valence-corrected chi connectivity index (χ2v) is 11.1. The zero-order chi connectivity index (χ0) is 25.3. The quantitative estimate of drug-likeness (QED) is 0.333. The summed E-state index contributed by atoms with van der Waals surface area (Å²) in [5.41, 5.74) is 2.24. The predicted molar refractivity (Wildman–Crippen MR) is 140 cm³/mol. The molecule has 1 N–H and O–H groups in total. The molecule has 35 heavy (non-hydrogen) atoms. The molecule has 4 aromatic rings. The molecule has 1 aromatic heterocycles. The number of carbonyl (C=O) groups excluding carboxylic acids is 2. The van der Waals surface area contributed by atoms with Crippen molar-refractivity contribution in [1.82, 2.24) is 0 Å². The van der Waals surface area contributed by atoms with E-state index in [0.29, 0.717) is 27.6 Å². The van der Waals surface area contributed by atoms with Gasteiger partial charge in [-0.05, 0) is 79.4 Å². The molecule has 4 rings (SSSR count). The van der Waals surface area contributed by atoms with E-state index in [1.165, 1.54) is 42.8 Å². The first-order chi connectivity index (χ1) is 16.6. The highest BCUT2D eigenvalue weighted by molar-refractivity contribution is 7.92. The molecule has 0 aliphatic heterocycles. The second-order valence-electron chi connectivity index (χ2n) is 8.03. The number of hydrogen-bond donors (Lipinski definition) is 1. The van der Waals surface area contributed by atoms with Gasteiger partial charge in [0.15, 0.2) is 5.78 Å². The van der Waals surface area contributed by atoms with E-state index in [1.807, 2.05) is 0 Å². The molecule has 0 atom stereocenters. The summed E-state index contributed by atoms with van der Waals surface area (Å²) in [7, 11) is -0.759. The molecule has 1 amide bonds. The lowest BCUT2D eigenvalue weighted by molar-refractivity contribution is 0.101. The first kappa shape index (κ1) is 24.4. The molecule has 3 aromatic carbocycles. The average Bonchev–Trinajstić information content (AvgIpc) is 3.27. The Morgan fingerprint density at radius 2 is 1.77 bits per heavy atom. The zero-order valence-electron chi connectivity index (χ0n) is 19.7. The second kappa shape index (κ2) is 9.52. The summed E-state index contributed by atoms with van der Waals surface area (Å²) in [6.07, 6.45) is 0. The van der Waals surface area contributed by atoms with Gasteiger partial charge in [-0.25, -0.2) is 8.42 Å². The van der Waals surface area contributed by atoms with Crippen LogP contribution in [0.1, 0.15) is 32.5 Å². The molecule has 0 aliphatic carbocycles. The number of thiophene rings is 1. The highest BCUT2D eigenvalue weighted by atomic mass is 32.2. The summed E-state index contributed by atoms with van der Waals surface area (Å²) >= 11 is 1.30. The molecule has 0 saturated carbocycles. The molecule has 0 aliphatic rings. The number of benzene rings is 3. The van der Waals surface area contributed by atoms with Crippen molar-refractivity contribution in [2.45, 2.75) is 18.7 Å². The normalized spacial score (nSPS) is 11.3. The van der Waals surface area contributed by atoms with Crippen LogP contribution in [-0.2, 0) is 10.0 Å². The molecular formula is C26H24N2O5S2. The molecule has 0 unspecified atom stereocenters. The van der Waals surface area contributed by atoms with Gasteiger partial charge in [0, 0.05) is 23.0 Å². The SMILES string of the molecule is COc1ccc(S(=O)(=O)N(C)c2ccc3sc(C(=O)Nc4cccc(C(C)=O)c4)cc3c2)cc1C. The van der Waals surface area contributed by atoms with Gasteiger partial charge in [-0.15, -0.1) is 11.3 Å². The van der Waals surface area contributed by atoms with Gasteiger partial charge in [0.1, 0.15) is 5.75 Å². The zero-order valence-corrected chi connectivity index (χ0v) is 21.3. The lowest BCUT2D eigenvalue weighted by atomic mass is 10.1. The van der Waals surface area contributed by atoms with Crippen LogP contribution < -0.4 is 14.4 Å². The Bertz CT molecular complexity index is 1560. The van der Waals surface area contributed by atoms with E-state index in [-0.39, 0.29) is 16.6 Å². The number of fused-ring (bicyclic) bond motifs is 1. The topological polar surface area (TPSA) is 92.8 Å². The van der Waals surface area contributed by atoms with Gasteiger partial charge in [0.2, 0.25) is 0 Å². The number of methoxy groups -OCH3 is 1. The molecule has 9 heteroatoms. The molecule has 7 nitrogen and oxygen atoms in total. The Morgan fingerprint density at radius 1 is 1.00 bits per heavy atom. The number of ketones is 1. The number of amides is 1. The van der Waals surface area contributed by atoms with E-state index in [0.717, 1.165) is 15.6 Å². The van der Waals surface area contributed by atoms with Crippen LogP contribution in [0.5, 0.6) is 5.75 Å². The Kier molecular flexibility index (Phi) is 6.64. The van der Waals surface area contributed by atoms with Gasteiger partial charge in [0.25, 0.3) is 15.9 Å². The van der Waals surface area contributed by atoms with Crippen molar-refractivity contribution in [3.05, 3.63) is 82.7 Å². The van der Waals surface area contributed by atoms with E-state index >= 15 is 0 Å². The fourth-order valence-electron chi connectivity index (χ4n) is 3.66. The monoisotopic (exact) mass is 508 g/mol. The number of nitrogens with one attached hydrogen (secondary N) is 1. The van der Waals surface area contributed by atoms with Gasteiger partial charge in [-0.2, -0.15) is 0 Å². The van der Waals surface area contributed by atoms with Gasteiger partial charge in [-0.3, -0.25) is 13.9 Å². The molecule has 0 fully saturated rings. The number of sulfonamides is 1. The number of rotatable bonds is 7. The van der Waals surface area contributed by atoms with Crippen molar-refractivity contribution in [2.24, 2.45) is 0 Å². The van der Waals surface area contributed by atoms with Gasteiger partial charge in [0.05, 0.1) is 22.6 Å². The van der Waals surface area contributed by atoms with Crippen molar-refractivity contribution in [1.29, 1.82) is 0 Å². The highest BCUT2D eigenvalue weighted by Crippen LogP contribution is 2.32. The predicted octanol–water partition coefficient (Wildman–Crippen LogP) is 5.50. The molecule has 1 heterocycles. The van der Waals surface area contributed by atoms with Crippen LogP contribution in [-0.4, -0.2) is 34.3 Å². The van der Waals surface area contributed by atoms with Crippen LogP contribution in [0, 0.1) is 6.92 Å². The maximum atomic E-state index is 13.2. The summed E-state index contributed by atoms with van der Waals surface area (Å²) in [5, 5.41) is 3.57. The molecule has 0 radical (unpaired) electrons. The van der Waals surface area contributed by atoms with Crippen molar-refractivity contribution < 1.29 is 22.7 Å². The summed E-state index contributed by atoms with van der Waals surface area (Å²) in [6, 6.07) is 18.5. The van der Waals surface area contributed by atoms with Crippen LogP contribution in [0.4, 0.5) is 11.4 Å². The number of anilines is 2. The Balaban J connectivity index is 1.59. The van der Waals surface area contributed by atoms with E-state index < -0.39 is 10.0 Å². The number of carbonyl (C=O) groups is 2. The third kappa shape index (κ3) is 4.91. The minimum atomic E-state index is -3.80. The number of Topliss-reactive ketones (excluding diaryl/α,β-unsaturated/α-hetero) is 1. The van der Waals surface area contributed by atoms with Gasteiger partial charge >= 0.3 is 0 Å². The molecule has 0 saturated heterocycles. The van der Waals surface area contributed by atoms with Crippen LogP contribution in [0.25, 0.3) is 10.1 Å². The maximum Gasteiger partial charge on any atom is 0.265 e. The molecule has 0 bridgehead atoms. The van der Waals surface area contributed by atoms with Crippen molar-refractivity contribution in [3.8, 4) is 5.75 Å². The molecule has 0 spiro atoms. The number of aryl methyl sites for hydroxylation is 1. The molecule has 180 valence electrons. The average molecular weight is 509 g/mol. The van der Waals surface area contributed by atoms with E-state index in [2.05, 4.69) is 5.32 Å². The third-order valence-corrected chi connectivity index (χ3v) is 8.54. The first-order valence-corrected chi connectivity index (χ1v) is 13.0. The summed E-state index contributed by atoms with van der Waals surface area (Å²) in [5.74, 6) is 0.229. The standard InChI is InChI=1S/C26H24N2O5S2/c1-16-12-22(9-10-23(16)33-4)35(31,32)28(3)21-8-11-24-19(14-21)15-25(34-24)26(30)27-20-7-5-6-18(13-20)17(2)29/h5-15H,1-4H3,(H,27,30). The smallest absolute Gasteiger partial charge is 0.265 e. The maximum absolute atomic E-state index is 13.2. The Morgan fingerprint density at radius 3 is 2.46 bits per heavy atom. The van der Waals surface area contributed by atoms with Gasteiger partial charge in [-0.1, -0.05) is 12.1 Å². The lowest BCUT2D eigenvalue weighted by Gasteiger charge is -2.20. The summed E-state index contributed by atoms with van der Waals surface area (Å²) in [6.45, 7) is 3.26. The van der Waals surface area contributed by atoms with E-state index in [4.69, 9.17) is 4.74 Å². The van der Waals surface area contributed by atoms with Crippen LogP contribution in [0.3, 0.4) is 0 Å². The number of hydrogen-bond acceptors (Lipinski definition) is 6. The Labute approximate surface area is 208 Å². The minimum absolute atomic E-state index is 0.0839. The fourth-order valence-corrected chi connectivity index (χ4v) is 5.87. The van der Waals surface area contributed by atoms with Crippen molar-refractivity contribution in [3.63, 3.8) is 0 Å². The highest BCUT2D eigenvalue weighted by Gasteiger charge is 2.23. The number of nitrogens with zero attached hydrogens (tertiary/aromatic N) is 1. The van der Waals surface area contributed by atoms with E-state index in [1.54, 1.807) is 67.6 Å². The van der Waals surface area contributed by atoms with Crippen molar-refractivity contribution in [2.75, 3.05) is 23.8 Å². The van der Waals surface area contributed by atoms with Crippen LogP contribution >= 0.6 is 11.3 Å². The van der Waals surface area contributed by atoms with Crippen LogP contribution in [0.15, 0.2) is 71.6 Å². The largest absolute Gasteiger partial charge is 0.496 e. The van der Waals surface area contributed by atoms with Gasteiger partial charge < -0.3 is 10.1 Å². The van der Waals surface area contributed by atoms with Crippen molar-refractivity contribution >= 4 is 54.5 Å². The first-order valence-electron chi connectivity index (χ1n) is 10.7. The third-order valence-electron chi connectivity index (χ3n) is 5.64.